The van der Waals surface area contributed by atoms with Gasteiger partial charge in [-0.25, -0.2) is 18.1 Å². The first-order valence-corrected chi connectivity index (χ1v) is 12.7. The van der Waals surface area contributed by atoms with Crippen LogP contribution >= 0.6 is 0 Å². The molecule has 0 radical (unpaired) electrons. The van der Waals surface area contributed by atoms with Crippen LogP contribution in [0.15, 0.2) is 53.4 Å². The molecular weight excluding hydrogens is 450 g/mol. The monoisotopic (exact) mass is 479 g/mol. The molecule has 2 heterocycles. The van der Waals surface area contributed by atoms with E-state index in [1.165, 1.54) is 12.1 Å². The second kappa shape index (κ2) is 9.42. The van der Waals surface area contributed by atoms with Gasteiger partial charge in [0.2, 0.25) is 5.95 Å². The number of rotatable bonds is 3. The number of benzene rings is 2. The first-order chi connectivity index (χ1) is 16.1. The number of nitrogens with zero attached hydrogens (tertiary/aromatic N) is 2. The molecule has 1 amide bonds. The number of aromatic nitrogens is 2. The Kier molecular flexibility index (Phi) is 6.56. The molecule has 8 nitrogen and oxygen atoms in total. The molecule has 2 aromatic carbocycles. The van der Waals surface area contributed by atoms with E-state index in [0.717, 1.165) is 23.1 Å². The van der Waals surface area contributed by atoms with Crippen molar-refractivity contribution in [3.63, 3.8) is 0 Å². The predicted octanol–water partition coefficient (Wildman–Crippen LogP) is 4.13. The van der Waals surface area contributed by atoms with E-state index in [1.54, 1.807) is 18.2 Å². The summed E-state index contributed by atoms with van der Waals surface area (Å²) in [6.45, 7) is 8.59. The molecule has 0 saturated carbocycles. The van der Waals surface area contributed by atoms with Gasteiger partial charge in [0.1, 0.15) is 5.82 Å². The van der Waals surface area contributed by atoms with Crippen molar-refractivity contribution in [3.8, 4) is 11.3 Å². The van der Waals surface area contributed by atoms with Gasteiger partial charge in [0.05, 0.1) is 10.6 Å². The second-order valence-electron chi connectivity index (χ2n) is 9.04. The predicted molar refractivity (Wildman–Crippen MR) is 133 cm³/mol. The quantitative estimate of drug-likeness (QED) is 0.521. The van der Waals surface area contributed by atoms with Crippen LogP contribution in [0.3, 0.4) is 0 Å². The van der Waals surface area contributed by atoms with E-state index in [0.29, 0.717) is 24.0 Å². The van der Waals surface area contributed by atoms with Gasteiger partial charge in [0, 0.05) is 29.8 Å². The zero-order chi connectivity index (χ0) is 24.5. The third kappa shape index (κ3) is 5.20. The summed E-state index contributed by atoms with van der Waals surface area (Å²) < 4.78 is 28.7. The highest BCUT2D eigenvalue weighted by atomic mass is 32.2. The summed E-state index contributed by atoms with van der Waals surface area (Å²) in [4.78, 5) is 21.8. The fourth-order valence-electron chi connectivity index (χ4n) is 4.17. The minimum Gasteiger partial charge on any atom is -0.368 e. The van der Waals surface area contributed by atoms with Crippen LogP contribution in [0, 0.1) is 19.8 Å². The van der Waals surface area contributed by atoms with Crippen LogP contribution in [0.2, 0.25) is 0 Å². The summed E-state index contributed by atoms with van der Waals surface area (Å²) in [5, 5.41) is 6.32. The molecular formula is C25H29N5O3S. The van der Waals surface area contributed by atoms with E-state index in [9.17, 15) is 13.2 Å². The molecule has 9 heteroatoms. The highest BCUT2D eigenvalue weighted by molar-refractivity contribution is 7.92. The van der Waals surface area contributed by atoms with Gasteiger partial charge in [0.15, 0.2) is 0 Å². The molecule has 0 aliphatic carbocycles. The van der Waals surface area contributed by atoms with Gasteiger partial charge in [-0.05, 0) is 55.5 Å². The van der Waals surface area contributed by atoms with Crippen molar-refractivity contribution in [2.45, 2.75) is 45.1 Å². The molecule has 0 spiro atoms. The molecule has 1 aromatic heterocycles. The number of carbonyl (C=O) groups excluding carboxylic acids is 1. The maximum atomic E-state index is 13.1. The summed E-state index contributed by atoms with van der Waals surface area (Å²) in [6.07, 6.45) is 0.747. The fraction of sp³-hybridized carbons (Fsp3) is 0.320. The summed E-state index contributed by atoms with van der Waals surface area (Å²) in [6, 6.07) is 13.5. The van der Waals surface area contributed by atoms with Gasteiger partial charge in [-0.1, -0.05) is 38.1 Å². The maximum Gasteiger partial charge on any atom is 0.264 e. The third-order valence-corrected chi connectivity index (χ3v) is 7.04. The van der Waals surface area contributed by atoms with Crippen LogP contribution in [0.5, 0.6) is 0 Å². The lowest BCUT2D eigenvalue weighted by atomic mass is 10.00. The lowest BCUT2D eigenvalue weighted by Crippen LogP contribution is -2.40. The van der Waals surface area contributed by atoms with Gasteiger partial charge in [0.25, 0.3) is 15.9 Å². The molecule has 3 N–H and O–H groups in total. The molecule has 4 bridgehead atoms. The average Bonchev–Trinajstić information content (AvgIpc) is 2.76. The van der Waals surface area contributed by atoms with Crippen LogP contribution in [-0.4, -0.2) is 36.9 Å². The van der Waals surface area contributed by atoms with Gasteiger partial charge >= 0.3 is 0 Å². The van der Waals surface area contributed by atoms with Crippen molar-refractivity contribution in [1.82, 2.24) is 15.3 Å². The second-order valence-corrected chi connectivity index (χ2v) is 10.7. The first-order valence-electron chi connectivity index (χ1n) is 11.3. The number of hydrogen-bond donors (Lipinski definition) is 3. The molecule has 0 fully saturated rings. The summed E-state index contributed by atoms with van der Waals surface area (Å²) in [7, 11) is -4.02. The Morgan fingerprint density at radius 1 is 1.03 bits per heavy atom. The lowest BCUT2D eigenvalue weighted by molar-refractivity contribution is 0.0934. The molecule has 1 aliphatic heterocycles. The van der Waals surface area contributed by atoms with E-state index in [-0.39, 0.29) is 28.4 Å². The van der Waals surface area contributed by atoms with Crippen molar-refractivity contribution in [1.29, 1.82) is 0 Å². The summed E-state index contributed by atoms with van der Waals surface area (Å²) in [5.41, 5.74) is 3.85. The number of hydrogen-bond acceptors (Lipinski definition) is 6. The molecule has 1 aliphatic rings. The van der Waals surface area contributed by atoms with Crippen LogP contribution < -0.4 is 15.4 Å². The smallest absolute Gasteiger partial charge is 0.264 e. The van der Waals surface area contributed by atoms with Crippen molar-refractivity contribution in [3.05, 3.63) is 65.2 Å². The summed E-state index contributed by atoms with van der Waals surface area (Å²) in [5.74, 6) is 0.464. The Morgan fingerprint density at radius 2 is 1.74 bits per heavy atom. The van der Waals surface area contributed by atoms with Gasteiger partial charge in [-0.15, -0.1) is 0 Å². The van der Waals surface area contributed by atoms with Crippen LogP contribution in [0.1, 0.15) is 41.8 Å². The minimum atomic E-state index is -4.02. The van der Waals surface area contributed by atoms with Gasteiger partial charge in [-0.3, -0.25) is 4.79 Å². The Balaban J connectivity index is 1.85. The Labute approximate surface area is 200 Å². The summed E-state index contributed by atoms with van der Waals surface area (Å²) >= 11 is 0. The number of aryl methyl sites for hydroxylation is 2. The Hall–Kier alpha value is -3.46. The van der Waals surface area contributed by atoms with E-state index < -0.39 is 10.0 Å². The van der Waals surface area contributed by atoms with Crippen molar-refractivity contribution in [2.24, 2.45) is 5.92 Å². The zero-order valence-corrected chi connectivity index (χ0v) is 20.5. The van der Waals surface area contributed by atoms with E-state index in [1.807, 2.05) is 32.0 Å². The highest BCUT2D eigenvalue weighted by Gasteiger charge is 2.22. The lowest BCUT2D eigenvalue weighted by Gasteiger charge is -2.22. The normalized spacial score (nSPS) is 17.4. The third-order valence-electron chi connectivity index (χ3n) is 5.72. The zero-order valence-electron chi connectivity index (χ0n) is 19.7. The van der Waals surface area contributed by atoms with E-state index in [4.69, 9.17) is 0 Å². The molecule has 1 atom stereocenters. The SMILES string of the molecule is Cc1cccc(C)c1-c1cc2nc(n1)NS(=O)(=O)c1cccc(c1)C(=O)NC(CC(C)C)CN2. The number of fused-ring (bicyclic) bond motifs is 4. The molecule has 4 rings (SSSR count). The molecule has 34 heavy (non-hydrogen) atoms. The molecule has 0 saturated heterocycles. The largest absolute Gasteiger partial charge is 0.368 e. The van der Waals surface area contributed by atoms with Crippen LogP contribution in [-0.2, 0) is 10.0 Å². The molecule has 1 unspecified atom stereocenters. The van der Waals surface area contributed by atoms with Gasteiger partial charge < -0.3 is 10.6 Å². The van der Waals surface area contributed by atoms with Crippen LogP contribution in [0.25, 0.3) is 11.3 Å². The van der Waals surface area contributed by atoms with E-state index in [2.05, 4.69) is 39.2 Å². The molecule has 3 aromatic rings. The topological polar surface area (TPSA) is 113 Å². The maximum absolute atomic E-state index is 13.1. The van der Waals surface area contributed by atoms with Crippen molar-refractivity contribution >= 4 is 27.7 Å². The number of anilines is 2. The highest BCUT2D eigenvalue weighted by Crippen LogP contribution is 2.29. The number of amides is 1. The fourth-order valence-corrected chi connectivity index (χ4v) is 5.16. The first kappa shape index (κ1) is 23.7. The van der Waals surface area contributed by atoms with Gasteiger partial charge in [-0.2, -0.15) is 4.98 Å². The number of carbonyl (C=O) groups is 1. The van der Waals surface area contributed by atoms with Crippen molar-refractivity contribution < 1.29 is 13.2 Å². The Bertz CT molecular complexity index is 1320. The van der Waals surface area contributed by atoms with Crippen LogP contribution in [0.4, 0.5) is 11.8 Å². The number of sulfonamides is 1. The minimum absolute atomic E-state index is 0.0320. The Morgan fingerprint density at radius 3 is 2.44 bits per heavy atom. The average molecular weight is 480 g/mol. The number of nitrogens with one attached hydrogen (secondary N) is 3. The van der Waals surface area contributed by atoms with E-state index >= 15 is 0 Å². The molecule has 178 valence electrons. The standard InChI is InChI=1S/C25H29N5O3S/c1-15(2)11-19-14-26-22-13-21(23-16(3)7-5-8-17(23)4)28-25(29-22)30-34(32,33)20-10-6-9-18(12-20)24(31)27-19/h5-10,12-13,15,19H,11,14H2,1-4H3,(H,27,31)(H2,26,28,29,30). The van der Waals surface area contributed by atoms with Crippen molar-refractivity contribution in [2.75, 3.05) is 16.6 Å².